The molecule has 0 saturated heterocycles. The van der Waals surface area contributed by atoms with Crippen molar-refractivity contribution >= 4 is 39.5 Å². The number of hydrogen-bond acceptors (Lipinski definition) is 7. The first-order valence-electron chi connectivity index (χ1n) is 19.0. The monoisotopic (exact) mass is 739 g/mol. The van der Waals surface area contributed by atoms with Crippen molar-refractivity contribution in [3.8, 4) is 0 Å². The van der Waals surface area contributed by atoms with Crippen molar-refractivity contribution < 1.29 is 27.6 Å². The first-order chi connectivity index (χ1) is 23.3. The van der Waals surface area contributed by atoms with Crippen molar-refractivity contribution in [2.45, 2.75) is 169 Å². The number of hydrogen-bond donors (Lipinski definition) is 0. The topological polar surface area (TPSA) is 87.9 Å². The second-order valence-corrected chi connectivity index (χ2v) is 28.2. The molecule has 0 amide bonds. The van der Waals surface area contributed by atoms with Crippen molar-refractivity contribution in [1.29, 1.82) is 0 Å². The van der Waals surface area contributed by atoms with Crippen LogP contribution in [0.15, 0.2) is 46.9 Å². The summed E-state index contributed by atoms with van der Waals surface area (Å²) in [5, 5.41) is -0.159. The molecule has 1 aromatic heterocycles. The molecule has 1 aromatic carbocycles. The molecule has 5 atom stereocenters. The van der Waals surface area contributed by atoms with E-state index in [9.17, 15) is 4.79 Å². The largest absolute Gasteiger partial charge is 0.457 e. The minimum absolute atomic E-state index is 0.0239. The van der Waals surface area contributed by atoms with Crippen LogP contribution in [0.4, 0.5) is 0 Å². The van der Waals surface area contributed by atoms with Gasteiger partial charge in [0, 0.05) is 24.7 Å². The van der Waals surface area contributed by atoms with Crippen LogP contribution in [-0.4, -0.2) is 45.6 Å². The maximum absolute atomic E-state index is 15.2. The highest BCUT2D eigenvalue weighted by atomic mass is 28.4. The third kappa shape index (κ3) is 10.6. The molecule has 1 aliphatic heterocycles. The summed E-state index contributed by atoms with van der Waals surface area (Å²) in [5.41, 5.74) is 2.52. The average Bonchev–Trinajstić information content (AvgIpc) is 3.37. The molecule has 9 heteroatoms. The number of ether oxygens (including phenoxy) is 1. The fourth-order valence-electron chi connectivity index (χ4n) is 6.44. The molecule has 2 heterocycles. The number of rotatable bonds is 7. The Morgan fingerprint density at radius 2 is 1.61 bits per heavy atom. The predicted molar refractivity (Wildman–Crippen MR) is 215 cm³/mol. The van der Waals surface area contributed by atoms with Gasteiger partial charge < -0.3 is 18.0 Å². The van der Waals surface area contributed by atoms with Gasteiger partial charge in [0.2, 0.25) is 0 Å². The number of Topliss-reactive ketones (excluding diaryl/α,β-unsaturated/α-hetero) is 1. The quantitative estimate of drug-likeness (QED) is 0.159. The molecule has 7 nitrogen and oxygen atoms in total. The number of aryl methyl sites for hydroxylation is 1. The van der Waals surface area contributed by atoms with E-state index in [0.29, 0.717) is 24.3 Å². The molecule has 0 radical (unpaired) electrons. The Morgan fingerprint density at radius 1 is 1.00 bits per heavy atom. The van der Waals surface area contributed by atoms with Crippen LogP contribution in [0.3, 0.4) is 0 Å². The van der Waals surface area contributed by atoms with E-state index in [2.05, 4.69) is 99.2 Å². The maximum Gasteiger partial charge on any atom is 0.309 e. The predicted octanol–water partition coefficient (Wildman–Crippen LogP) is 11.8. The fourth-order valence-corrected chi connectivity index (χ4v) is 9.32. The number of allylic oxidation sites excluding steroid dienone is 2. The molecule has 3 rings (SSSR count). The summed E-state index contributed by atoms with van der Waals surface area (Å²) in [6.45, 7) is 36.4. The Balaban J connectivity index is 2.18. The van der Waals surface area contributed by atoms with Gasteiger partial charge in [-0.1, -0.05) is 86.1 Å². The zero-order chi connectivity index (χ0) is 38.7. The number of carbonyl (C=O) groups is 2. The smallest absolute Gasteiger partial charge is 0.309 e. The summed E-state index contributed by atoms with van der Waals surface area (Å²) in [5.74, 6) is -0.0352. The first kappa shape index (κ1) is 43.1. The van der Waals surface area contributed by atoms with E-state index in [1.54, 1.807) is 0 Å². The van der Waals surface area contributed by atoms with Gasteiger partial charge in [-0.15, -0.1) is 6.58 Å². The number of ketones is 1. The third-order valence-corrected chi connectivity index (χ3v) is 21.0. The van der Waals surface area contributed by atoms with Crippen LogP contribution >= 0.6 is 0 Å². The van der Waals surface area contributed by atoms with Gasteiger partial charge in [-0.25, -0.2) is 4.98 Å². The van der Waals surface area contributed by atoms with E-state index >= 15 is 4.79 Å². The standard InChI is InChI=1S/C42H69NO6Si2/c1-17-19-32-38(49-51(15,16)41(8,9)10)29(3)21-18-20-28(2)22-24-34(31-23-25-35-33(26-31)43-30(4)46-35)47-37(44)27-36(42(11,12)39(32)45)48-50(13,14)40(5,6)7/h17,22-23,25-26,29,32,34,36,38H,1,18-21,24,27H2,2-16H3/b28-22-/t29-,32+,34-,36-,38-/m0/s1. The highest BCUT2D eigenvalue weighted by Gasteiger charge is 2.51. The lowest BCUT2D eigenvalue weighted by atomic mass is 9.71. The first-order valence-corrected chi connectivity index (χ1v) is 24.9. The Kier molecular flexibility index (Phi) is 13.8. The summed E-state index contributed by atoms with van der Waals surface area (Å²) in [4.78, 5) is 33.9. The van der Waals surface area contributed by atoms with Gasteiger partial charge in [-0.2, -0.15) is 0 Å². The summed E-state index contributed by atoms with van der Waals surface area (Å²) < 4.78 is 26.4. The minimum atomic E-state index is -2.45. The van der Waals surface area contributed by atoms with Crippen LogP contribution in [0.1, 0.15) is 125 Å². The Labute approximate surface area is 311 Å². The van der Waals surface area contributed by atoms with Crippen LogP contribution < -0.4 is 0 Å². The Bertz CT molecular complexity index is 1560. The van der Waals surface area contributed by atoms with Crippen molar-refractivity contribution in [2.24, 2.45) is 17.3 Å². The van der Waals surface area contributed by atoms with Crippen LogP contribution in [0.2, 0.25) is 36.3 Å². The lowest BCUT2D eigenvalue weighted by molar-refractivity contribution is -0.155. The minimum Gasteiger partial charge on any atom is -0.457 e. The highest BCUT2D eigenvalue weighted by Crippen LogP contribution is 2.45. The second-order valence-electron chi connectivity index (χ2n) is 18.7. The van der Waals surface area contributed by atoms with Crippen molar-refractivity contribution in [3.63, 3.8) is 0 Å². The molecule has 0 unspecified atom stereocenters. The fraction of sp³-hybridized carbons (Fsp3) is 0.690. The van der Waals surface area contributed by atoms with Gasteiger partial charge in [0.1, 0.15) is 17.4 Å². The van der Waals surface area contributed by atoms with Gasteiger partial charge >= 0.3 is 5.97 Å². The van der Waals surface area contributed by atoms with Crippen LogP contribution in [-0.2, 0) is 23.2 Å². The number of esters is 1. The van der Waals surface area contributed by atoms with Gasteiger partial charge in [0.05, 0.1) is 18.6 Å². The molecule has 0 spiro atoms. The SMILES string of the molecule is C=CC[C@H]1C(=O)C(C)(C)[C@@H](O[Si](C)(C)C(C)(C)C)CC(=O)O[C@H](c2ccc3oc(C)nc3c2)C/C=C(/C)CCC[C@H](C)[C@@H]1O[Si](C)(C)C(C)(C)C. The number of oxazole rings is 1. The summed E-state index contributed by atoms with van der Waals surface area (Å²) in [6.07, 6.45) is 6.34. The van der Waals surface area contributed by atoms with Gasteiger partial charge in [-0.05, 0) is 92.5 Å². The molecule has 0 fully saturated rings. The van der Waals surface area contributed by atoms with E-state index in [4.69, 9.17) is 18.0 Å². The highest BCUT2D eigenvalue weighted by molar-refractivity contribution is 6.74. The average molecular weight is 740 g/mol. The molecule has 286 valence electrons. The van der Waals surface area contributed by atoms with Gasteiger partial charge in [0.25, 0.3) is 0 Å². The molecular formula is C42H69NO6Si2. The Morgan fingerprint density at radius 3 is 2.20 bits per heavy atom. The van der Waals surface area contributed by atoms with E-state index in [1.165, 1.54) is 5.57 Å². The zero-order valence-electron chi connectivity index (χ0n) is 34.6. The van der Waals surface area contributed by atoms with Crippen LogP contribution in [0.25, 0.3) is 11.1 Å². The maximum atomic E-state index is 15.2. The van der Waals surface area contributed by atoms with Gasteiger partial charge in [0.15, 0.2) is 28.1 Å². The number of fused-ring (bicyclic) bond motifs is 1. The molecule has 51 heavy (non-hydrogen) atoms. The molecule has 2 aromatic rings. The number of nitrogens with zero attached hydrogens (tertiary/aromatic N) is 1. The Hall–Kier alpha value is -2.34. The normalized spacial score (nSPS) is 26.4. The summed E-state index contributed by atoms with van der Waals surface area (Å²) >= 11 is 0. The van der Waals surface area contributed by atoms with E-state index in [0.717, 1.165) is 30.3 Å². The van der Waals surface area contributed by atoms with Crippen molar-refractivity contribution in [2.75, 3.05) is 0 Å². The second kappa shape index (κ2) is 16.4. The van der Waals surface area contributed by atoms with E-state index in [-0.39, 0.29) is 40.3 Å². The summed E-state index contributed by atoms with van der Waals surface area (Å²) in [7, 11) is -4.72. The lowest BCUT2D eigenvalue weighted by Gasteiger charge is -2.47. The van der Waals surface area contributed by atoms with Crippen molar-refractivity contribution in [3.05, 3.63) is 54.0 Å². The number of aromatic nitrogens is 1. The third-order valence-electron chi connectivity index (χ3n) is 12.1. The molecule has 0 saturated carbocycles. The molecule has 0 bridgehead atoms. The van der Waals surface area contributed by atoms with Crippen molar-refractivity contribution in [1.82, 2.24) is 4.98 Å². The molecule has 0 aliphatic carbocycles. The van der Waals surface area contributed by atoms with Crippen LogP contribution in [0, 0.1) is 24.2 Å². The lowest BCUT2D eigenvalue weighted by Crippen LogP contribution is -2.55. The number of carbonyl (C=O) groups excluding carboxylic acids is 2. The van der Waals surface area contributed by atoms with E-state index < -0.39 is 40.2 Å². The summed E-state index contributed by atoms with van der Waals surface area (Å²) in [6, 6.07) is 5.79. The zero-order valence-corrected chi connectivity index (χ0v) is 36.6. The number of cyclic esters (lactones) is 1. The molecular weight excluding hydrogens is 671 g/mol. The van der Waals surface area contributed by atoms with Crippen LogP contribution in [0.5, 0.6) is 0 Å². The van der Waals surface area contributed by atoms with Gasteiger partial charge in [-0.3, -0.25) is 9.59 Å². The molecule has 0 N–H and O–H groups in total. The van der Waals surface area contributed by atoms with E-state index in [1.807, 2.05) is 45.0 Å². The molecule has 1 aliphatic rings. The number of benzene rings is 1.